The molecule has 0 radical (unpaired) electrons. The lowest BCUT2D eigenvalue weighted by Gasteiger charge is -2.17. The molecule has 20 heavy (non-hydrogen) atoms. The number of benzene rings is 1. The monoisotopic (exact) mass is 298 g/mol. The van der Waals surface area contributed by atoms with Gasteiger partial charge in [0.1, 0.15) is 5.82 Å². The van der Waals surface area contributed by atoms with Gasteiger partial charge in [0.2, 0.25) is 10.0 Å². The van der Waals surface area contributed by atoms with E-state index >= 15 is 0 Å². The van der Waals surface area contributed by atoms with Crippen LogP contribution in [0.4, 0.5) is 4.39 Å². The Hall–Kier alpha value is -1.70. The maximum absolute atomic E-state index is 13.4. The molecule has 0 atom stereocenters. The predicted molar refractivity (Wildman–Crippen MR) is 71.7 cm³/mol. The highest BCUT2D eigenvalue weighted by Crippen LogP contribution is 2.19. The largest absolute Gasteiger partial charge is 0.472 e. The SMILES string of the molecule is CN(Cc1ccoc1)S(=O)(=O)c1ccc(F)c(CN)c1. The zero-order chi connectivity index (χ0) is 14.8. The lowest BCUT2D eigenvalue weighted by molar-refractivity contribution is 0.463. The van der Waals surface area contributed by atoms with Crippen molar-refractivity contribution in [1.82, 2.24) is 4.31 Å². The molecule has 0 spiro atoms. The lowest BCUT2D eigenvalue weighted by atomic mass is 10.2. The molecule has 2 rings (SSSR count). The van der Waals surface area contributed by atoms with Gasteiger partial charge in [0.05, 0.1) is 17.4 Å². The Kier molecular flexibility index (Phi) is 4.22. The van der Waals surface area contributed by atoms with Gasteiger partial charge in [-0.2, -0.15) is 4.31 Å². The van der Waals surface area contributed by atoms with E-state index in [1.807, 2.05) is 0 Å². The van der Waals surface area contributed by atoms with Gasteiger partial charge >= 0.3 is 0 Å². The van der Waals surface area contributed by atoms with Gasteiger partial charge < -0.3 is 10.2 Å². The van der Waals surface area contributed by atoms with Crippen LogP contribution in [0.5, 0.6) is 0 Å². The lowest BCUT2D eigenvalue weighted by Crippen LogP contribution is -2.26. The summed E-state index contributed by atoms with van der Waals surface area (Å²) in [7, 11) is -2.24. The number of nitrogens with zero attached hydrogens (tertiary/aromatic N) is 1. The van der Waals surface area contributed by atoms with E-state index in [1.165, 1.54) is 36.0 Å². The minimum Gasteiger partial charge on any atom is -0.472 e. The number of furan rings is 1. The van der Waals surface area contributed by atoms with Crippen molar-refractivity contribution in [1.29, 1.82) is 0 Å². The van der Waals surface area contributed by atoms with E-state index in [0.717, 1.165) is 11.6 Å². The van der Waals surface area contributed by atoms with Crippen LogP contribution in [0.1, 0.15) is 11.1 Å². The zero-order valence-electron chi connectivity index (χ0n) is 10.9. The van der Waals surface area contributed by atoms with Crippen molar-refractivity contribution in [3.8, 4) is 0 Å². The molecular formula is C13H15FN2O3S. The minimum atomic E-state index is -3.69. The topological polar surface area (TPSA) is 76.5 Å². The average Bonchev–Trinajstić information content (AvgIpc) is 2.91. The third-order valence-electron chi connectivity index (χ3n) is 2.93. The Balaban J connectivity index is 2.29. The minimum absolute atomic E-state index is 0.0188. The van der Waals surface area contributed by atoms with Crippen LogP contribution in [-0.4, -0.2) is 19.8 Å². The second-order valence-corrected chi connectivity index (χ2v) is 6.39. The third kappa shape index (κ3) is 2.90. The molecule has 108 valence electrons. The van der Waals surface area contributed by atoms with E-state index in [4.69, 9.17) is 10.2 Å². The Morgan fingerprint density at radius 2 is 2.10 bits per heavy atom. The fraction of sp³-hybridized carbons (Fsp3) is 0.231. The molecule has 0 aliphatic rings. The fourth-order valence-corrected chi connectivity index (χ4v) is 2.98. The quantitative estimate of drug-likeness (QED) is 0.911. The van der Waals surface area contributed by atoms with E-state index in [9.17, 15) is 12.8 Å². The van der Waals surface area contributed by atoms with Crippen LogP contribution in [0.25, 0.3) is 0 Å². The number of hydrogen-bond donors (Lipinski definition) is 1. The first-order valence-corrected chi connectivity index (χ1v) is 7.35. The van der Waals surface area contributed by atoms with Crippen LogP contribution in [0.2, 0.25) is 0 Å². The van der Waals surface area contributed by atoms with E-state index in [-0.39, 0.29) is 23.5 Å². The maximum atomic E-state index is 13.4. The number of hydrogen-bond acceptors (Lipinski definition) is 4. The molecule has 2 aromatic rings. The highest BCUT2D eigenvalue weighted by Gasteiger charge is 2.22. The molecule has 5 nitrogen and oxygen atoms in total. The summed E-state index contributed by atoms with van der Waals surface area (Å²) in [6, 6.07) is 5.29. The summed E-state index contributed by atoms with van der Waals surface area (Å²) in [5, 5.41) is 0. The van der Waals surface area contributed by atoms with Gasteiger partial charge in [-0.15, -0.1) is 0 Å². The first-order chi connectivity index (χ1) is 9.45. The number of halogens is 1. The highest BCUT2D eigenvalue weighted by atomic mass is 32.2. The van der Waals surface area contributed by atoms with Gasteiger partial charge in [0, 0.05) is 31.3 Å². The summed E-state index contributed by atoms with van der Waals surface area (Å²) in [4.78, 5) is 0.0188. The van der Waals surface area contributed by atoms with Crippen molar-refractivity contribution in [3.05, 3.63) is 53.7 Å². The number of nitrogens with two attached hydrogens (primary N) is 1. The summed E-state index contributed by atoms with van der Waals surface area (Å²) >= 11 is 0. The van der Waals surface area contributed by atoms with Crippen LogP contribution in [0.3, 0.4) is 0 Å². The van der Waals surface area contributed by atoms with Crippen LogP contribution >= 0.6 is 0 Å². The Bertz CT molecular complexity index is 684. The smallest absolute Gasteiger partial charge is 0.243 e. The van der Waals surface area contributed by atoms with Gasteiger partial charge in [-0.05, 0) is 24.3 Å². The molecule has 0 unspecified atom stereocenters. The molecular weight excluding hydrogens is 283 g/mol. The molecule has 7 heteroatoms. The van der Waals surface area contributed by atoms with Gasteiger partial charge in [0.25, 0.3) is 0 Å². The molecule has 1 heterocycles. The van der Waals surface area contributed by atoms with Crippen molar-refractivity contribution >= 4 is 10.0 Å². The number of sulfonamides is 1. The second kappa shape index (κ2) is 5.74. The van der Waals surface area contributed by atoms with Gasteiger partial charge in [-0.25, -0.2) is 12.8 Å². The molecule has 2 N–H and O–H groups in total. The van der Waals surface area contributed by atoms with Crippen LogP contribution in [-0.2, 0) is 23.1 Å². The molecule has 0 aliphatic heterocycles. The molecule has 1 aromatic heterocycles. The van der Waals surface area contributed by atoms with E-state index in [1.54, 1.807) is 6.07 Å². The van der Waals surface area contributed by atoms with E-state index in [0.29, 0.717) is 0 Å². The molecule has 0 fully saturated rings. The summed E-state index contributed by atoms with van der Waals surface area (Å²) in [6.07, 6.45) is 2.95. The standard InChI is InChI=1S/C13H15FN2O3S/c1-16(8-10-4-5-19-9-10)20(17,18)12-2-3-13(14)11(6-12)7-15/h2-6,9H,7-8,15H2,1H3. The summed E-state index contributed by atoms with van der Waals surface area (Å²) < 4.78 is 44.2. The Morgan fingerprint density at radius 3 is 2.70 bits per heavy atom. The molecule has 0 bridgehead atoms. The predicted octanol–water partition coefficient (Wildman–Crippen LogP) is 1.70. The van der Waals surface area contributed by atoms with E-state index < -0.39 is 15.8 Å². The van der Waals surface area contributed by atoms with Crippen LogP contribution < -0.4 is 5.73 Å². The average molecular weight is 298 g/mol. The highest BCUT2D eigenvalue weighted by molar-refractivity contribution is 7.89. The van der Waals surface area contributed by atoms with Crippen molar-refractivity contribution in [2.24, 2.45) is 5.73 Å². The van der Waals surface area contributed by atoms with Crippen molar-refractivity contribution in [2.45, 2.75) is 18.0 Å². The third-order valence-corrected chi connectivity index (χ3v) is 4.73. The van der Waals surface area contributed by atoms with Crippen LogP contribution in [0.15, 0.2) is 46.1 Å². The van der Waals surface area contributed by atoms with Crippen molar-refractivity contribution < 1.29 is 17.2 Å². The van der Waals surface area contributed by atoms with Gasteiger partial charge in [0.15, 0.2) is 0 Å². The summed E-state index contributed by atoms with van der Waals surface area (Å²) in [5.41, 5.74) is 6.29. The second-order valence-electron chi connectivity index (χ2n) is 4.35. The first-order valence-electron chi connectivity index (χ1n) is 5.91. The molecule has 0 saturated carbocycles. The Labute approximate surface area is 116 Å². The zero-order valence-corrected chi connectivity index (χ0v) is 11.7. The molecule has 0 amide bonds. The Morgan fingerprint density at radius 1 is 1.35 bits per heavy atom. The van der Waals surface area contributed by atoms with Crippen molar-refractivity contribution in [2.75, 3.05) is 7.05 Å². The molecule has 0 saturated heterocycles. The number of rotatable bonds is 5. The van der Waals surface area contributed by atoms with E-state index in [2.05, 4.69) is 0 Å². The first kappa shape index (κ1) is 14.7. The normalized spacial score (nSPS) is 12.0. The summed E-state index contributed by atoms with van der Waals surface area (Å²) in [6.45, 7) is 0.120. The van der Waals surface area contributed by atoms with Crippen molar-refractivity contribution in [3.63, 3.8) is 0 Å². The maximum Gasteiger partial charge on any atom is 0.243 e. The molecule has 1 aromatic carbocycles. The van der Waals surface area contributed by atoms with Crippen LogP contribution in [0, 0.1) is 5.82 Å². The molecule has 0 aliphatic carbocycles. The van der Waals surface area contributed by atoms with Gasteiger partial charge in [-0.3, -0.25) is 0 Å². The summed E-state index contributed by atoms with van der Waals surface area (Å²) in [5.74, 6) is -0.510. The fourth-order valence-electron chi connectivity index (χ4n) is 1.77. The van der Waals surface area contributed by atoms with Gasteiger partial charge in [-0.1, -0.05) is 0 Å².